The zero-order valence-electron chi connectivity index (χ0n) is 13.8. The highest BCUT2D eigenvalue weighted by atomic mass is 35.5. The van der Waals surface area contributed by atoms with Crippen molar-refractivity contribution in [3.8, 4) is 0 Å². The number of benzene rings is 2. The molecule has 2 aromatic carbocycles. The molecule has 0 atom stereocenters. The van der Waals surface area contributed by atoms with E-state index in [-0.39, 0.29) is 5.91 Å². The third-order valence-corrected chi connectivity index (χ3v) is 4.85. The number of aryl methyl sites for hydroxylation is 1. The second-order valence-corrected chi connectivity index (χ2v) is 7.22. The van der Waals surface area contributed by atoms with E-state index in [1.165, 1.54) is 16.2 Å². The highest BCUT2D eigenvalue weighted by Gasteiger charge is 2.34. The summed E-state index contributed by atoms with van der Waals surface area (Å²) in [6, 6.07) is 16.8. The lowest BCUT2D eigenvalue weighted by molar-refractivity contribution is -0.113. The first-order valence-corrected chi connectivity index (χ1v) is 9.07. The average Bonchev–Trinajstić information content (AvgIpc) is 3.21. The Balaban J connectivity index is 1.80. The molecule has 0 radical (unpaired) electrons. The van der Waals surface area contributed by atoms with Gasteiger partial charge < -0.3 is 0 Å². The molecule has 3 aromatic rings. The molecule has 0 N–H and O–H groups in total. The van der Waals surface area contributed by atoms with Gasteiger partial charge in [-0.15, -0.1) is 10.2 Å². The number of nitrogens with zero attached hydrogens (tertiary/aromatic N) is 4. The van der Waals surface area contributed by atoms with Crippen molar-refractivity contribution in [1.29, 1.82) is 0 Å². The van der Waals surface area contributed by atoms with Crippen LogP contribution in [0.4, 0.5) is 5.13 Å². The number of amides is 1. The van der Waals surface area contributed by atoms with Gasteiger partial charge in [-0.2, -0.15) is 0 Å². The second-order valence-electron chi connectivity index (χ2n) is 5.63. The van der Waals surface area contributed by atoms with Gasteiger partial charge in [-0.1, -0.05) is 65.4 Å². The van der Waals surface area contributed by atoms with Crippen LogP contribution in [0.1, 0.15) is 16.1 Å². The van der Waals surface area contributed by atoms with Crippen LogP contribution in [0.5, 0.6) is 0 Å². The van der Waals surface area contributed by atoms with Crippen LogP contribution in [-0.2, 0) is 4.79 Å². The Morgan fingerprint density at radius 1 is 1.04 bits per heavy atom. The molecule has 1 aromatic heterocycles. The summed E-state index contributed by atoms with van der Waals surface area (Å²) in [6.07, 6.45) is 1.75. The number of halogens is 1. The third-order valence-electron chi connectivity index (χ3n) is 3.77. The van der Waals surface area contributed by atoms with E-state index in [0.717, 1.165) is 16.1 Å². The first-order valence-electron chi connectivity index (χ1n) is 7.88. The number of aliphatic imine (C=N–C) groups is 1. The van der Waals surface area contributed by atoms with Crippen LogP contribution in [-0.4, -0.2) is 21.9 Å². The molecule has 2 heterocycles. The zero-order valence-corrected chi connectivity index (χ0v) is 15.3. The Bertz CT molecular complexity index is 1030. The normalized spacial score (nSPS) is 15.6. The van der Waals surface area contributed by atoms with Gasteiger partial charge in [0.05, 0.1) is 0 Å². The van der Waals surface area contributed by atoms with Gasteiger partial charge >= 0.3 is 0 Å². The molecule has 0 unspecified atom stereocenters. The van der Waals surface area contributed by atoms with Gasteiger partial charge in [-0.25, -0.2) is 9.89 Å². The summed E-state index contributed by atoms with van der Waals surface area (Å²) in [5, 5.41) is 10.1. The minimum Gasteiger partial charge on any atom is -0.266 e. The number of anilines is 1. The monoisotopic (exact) mass is 380 g/mol. The Morgan fingerprint density at radius 3 is 2.42 bits per heavy atom. The molecule has 26 heavy (non-hydrogen) atoms. The lowest BCUT2D eigenvalue weighted by Gasteiger charge is -2.14. The topological polar surface area (TPSA) is 58.5 Å². The molecular formula is C19H13ClN4OS. The van der Waals surface area contributed by atoms with E-state index in [1.807, 2.05) is 49.4 Å². The predicted octanol–water partition coefficient (Wildman–Crippen LogP) is 4.33. The van der Waals surface area contributed by atoms with Crippen molar-refractivity contribution in [3.05, 3.63) is 81.5 Å². The zero-order chi connectivity index (χ0) is 18.1. The minimum absolute atomic E-state index is 0.227. The second kappa shape index (κ2) is 6.82. The van der Waals surface area contributed by atoms with Crippen LogP contribution in [0.25, 0.3) is 6.08 Å². The molecule has 1 amide bonds. The summed E-state index contributed by atoms with van der Waals surface area (Å²) in [5.41, 5.74) is 2.04. The predicted molar refractivity (Wildman–Crippen MR) is 105 cm³/mol. The number of aromatic nitrogens is 2. The maximum atomic E-state index is 13.0. The smallest absolute Gasteiger partial charge is 0.266 e. The summed E-state index contributed by atoms with van der Waals surface area (Å²) < 4.78 is 0. The van der Waals surface area contributed by atoms with E-state index in [9.17, 15) is 4.79 Å². The van der Waals surface area contributed by atoms with Gasteiger partial charge in [0, 0.05) is 10.6 Å². The molecule has 4 rings (SSSR count). The first kappa shape index (κ1) is 16.6. The molecule has 5 nitrogen and oxygen atoms in total. The van der Waals surface area contributed by atoms with Gasteiger partial charge in [-0.05, 0) is 30.7 Å². The summed E-state index contributed by atoms with van der Waals surface area (Å²) in [4.78, 5) is 19.1. The maximum Gasteiger partial charge on any atom is 0.284 e. The van der Waals surface area contributed by atoms with Crippen molar-refractivity contribution >= 4 is 45.9 Å². The third kappa shape index (κ3) is 3.16. The molecule has 1 aliphatic rings. The molecule has 0 bridgehead atoms. The summed E-state index contributed by atoms with van der Waals surface area (Å²) in [6.45, 7) is 1.85. The molecule has 7 heteroatoms. The molecular weight excluding hydrogens is 368 g/mol. The van der Waals surface area contributed by atoms with Crippen molar-refractivity contribution in [2.24, 2.45) is 4.99 Å². The van der Waals surface area contributed by atoms with E-state index in [0.29, 0.717) is 21.7 Å². The summed E-state index contributed by atoms with van der Waals surface area (Å²) in [5.74, 6) is 0.321. The lowest BCUT2D eigenvalue weighted by Crippen LogP contribution is -2.32. The van der Waals surface area contributed by atoms with Crippen LogP contribution in [0.15, 0.2) is 65.3 Å². The van der Waals surface area contributed by atoms with Crippen molar-refractivity contribution in [3.63, 3.8) is 0 Å². The van der Waals surface area contributed by atoms with Crippen molar-refractivity contribution in [2.75, 3.05) is 4.90 Å². The Kier molecular flexibility index (Phi) is 4.36. The van der Waals surface area contributed by atoms with Gasteiger partial charge in [0.15, 0.2) is 0 Å². The fraction of sp³-hybridized carbons (Fsp3) is 0.0526. The van der Waals surface area contributed by atoms with Crippen molar-refractivity contribution in [1.82, 2.24) is 10.2 Å². The summed E-state index contributed by atoms with van der Waals surface area (Å²) >= 11 is 7.28. The average molecular weight is 381 g/mol. The summed E-state index contributed by atoms with van der Waals surface area (Å²) in [7, 11) is 0. The fourth-order valence-electron chi connectivity index (χ4n) is 2.57. The van der Waals surface area contributed by atoms with Gasteiger partial charge in [-0.3, -0.25) is 4.79 Å². The quantitative estimate of drug-likeness (QED) is 0.635. The first-order chi connectivity index (χ1) is 12.6. The van der Waals surface area contributed by atoms with E-state index in [1.54, 1.807) is 18.2 Å². The molecule has 0 saturated carbocycles. The highest BCUT2D eigenvalue weighted by Crippen LogP contribution is 2.29. The number of rotatable bonds is 3. The lowest BCUT2D eigenvalue weighted by atomic mass is 10.2. The van der Waals surface area contributed by atoms with E-state index >= 15 is 0 Å². The number of hydrogen-bond donors (Lipinski definition) is 0. The number of carbonyl (C=O) groups is 1. The Hall–Kier alpha value is -2.83. The standard InChI is InChI=1S/C19H13ClN4OS/c1-12-22-23-19(26-12)24-17(14-5-3-2-4-6-14)21-16(18(24)25)11-13-7-9-15(20)10-8-13/h2-11H,1H3/b16-11-. The van der Waals surface area contributed by atoms with E-state index < -0.39 is 0 Å². The van der Waals surface area contributed by atoms with E-state index in [4.69, 9.17) is 11.6 Å². The fourth-order valence-corrected chi connectivity index (χ4v) is 3.38. The van der Waals surface area contributed by atoms with Crippen molar-refractivity contribution < 1.29 is 4.79 Å². The molecule has 0 spiro atoms. The van der Waals surface area contributed by atoms with Crippen LogP contribution >= 0.6 is 22.9 Å². The van der Waals surface area contributed by atoms with Crippen LogP contribution < -0.4 is 4.90 Å². The number of amidine groups is 1. The Labute approximate surface area is 159 Å². The largest absolute Gasteiger partial charge is 0.284 e. The molecule has 0 fully saturated rings. The molecule has 1 aliphatic heterocycles. The number of hydrogen-bond acceptors (Lipinski definition) is 5. The number of carbonyl (C=O) groups excluding carboxylic acids is 1. The Morgan fingerprint density at radius 2 is 1.77 bits per heavy atom. The van der Waals surface area contributed by atoms with Gasteiger partial charge in [0.25, 0.3) is 5.91 Å². The van der Waals surface area contributed by atoms with Gasteiger partial charge in [0.1, 0.15) is 16.5 Å². The van der Waals surface area contributed by atoms with Crippen LogP contribution in [0.3, 0.4) is 0 Å². The van der Waals surface area contributed by atoms with Crippen LogP contribution in [0.2, 0.25) is 5.02 Å². The minimum atomic E-state index is -0.227. The van der Waals surface area contributed by atoms with E-state index in [2.05, 4.69) is 15.2 Å². The van der Waals surface area contributed by atoms with Crippen LogP contribution in [0, 0.1) is 6.92 Å². The van der Waals surface area contributed by atoms with Gasteiger partial charge in [0.2, 0.25) is 5.13 Å². The SMILES string of the molecule is Cc1nnc(N2C(=O)/C(=C/c3ccc(Cl)cc3)N=C2c2ccccc2)s1. The molecule has 0 aliphatic carbocycles. The maximum absolute atomic E-state index is 13.0. The molecule has 0 saturated heterocycles. The highest BCUT2D eigenvalue weighted by molar-refractivity contribution is 7.15. The van der Waals surface area contributed by atoms with Crippen molar-refractivity contribution in [2.45, 2.75) is 6.92 Å². The molecule has 128 valence electrons.